The summed E-state index contributed by atoms with van der Waals surface area (Å²) in [5.74, 6) is 0. The van der Waals surface area contributed by atoms with E-state index in [2.05, 4.69) is 10.4 Å². The Balaban J connectivity index is 2.03. The first kappa shape index (κ1) is 9.71. The van der Waals surface area contributed by atoms with Gasteiger partial charge < -0.3 is 5.32 Å². The van der Waals surface area contributed by atoms with Crippen molar-refractivity contribution in [3.8, 4) is 0 Å². The van der Waals surface area contributed by atoms with Crippen molar-refractivity contribution in [3.63, 3.8) is 0 Å². The van der Waals surface area contributed by atoms with Gasteiger partial charge in [0.1, 0.15) is 0 Å². The van der Waals surface area contributed by atoms with Gasteiger partial charge in [-0.05, 0) is 12.5 Å². The molecule has 2 amide bonds. The van der Waals surface area contributed by atoms with Crippen LogP contribution in [0.5, 0.6) is 0 Å². The van der Waals surface area contributed by atoms with Crippen LogP contribution in [0.25, 0.3) is 0 Å². The molecule has 0 aliphatic carbocycles. The summed E-state index contributed by atoms with van der Waals surface area (Å²) in [5.41, 5.74) is 0.991. The van der Waals surface area contributed by atoms with Gasteiger partial charge in [-0.2, -0.15) is 5.10 Å². The van der Waals surface area contributed by atoms with Crippen molar-refractivity contribution in [2.24, 2.45) is 5.10 Å². The van der Waals surface area contributed by atoms with Crippen molar-refractivity contribution >= 4 is 12.2 Å². The van der Waals surface area contributed by atoms with Gasteiger partial charge >= 0.3 is 6.03 Å². The van der Waals surface area contributed by atoms with Gasteiger partial charge in [0.15, 0.2) is 0 Å². The Morgan fingerprint density at radius 1 is 1.47 bits per heavy atom. The summed E-state index contributed by atoms with van der Waals surface area (Å²) in [4.78, 5) is 11.3. The van der Waals surface area contributed by atoms with E-state index in [0.29, 0.717) is 6.54 Å². The fourth-order valence-corrected chi connectivity index (χ4v) is 1.45. The zero-order chi connectivity index (χ0) is 10.7. The molecule has 0 spiro atoms. The first-order chi connectivity index (χ1) is 7.25. The van der Waals surface area contributed by atoms with Gasteiger partial charge in [0.2, 0.25) is 0 Å². The molecule has 1 aliphatic rings. The molecule has 0 radical (unpaired) electrons. The zero-order valence-electron chi connectivity index (χ0n) is 8.55. The highest BCUT2D eigenvalue weighted by molar-refractivity contribution is 5.82. The molecule has 1 aliphatic heterocycles. The van der Waals surface area contributed by atoms with E-state index in [9.17, 15) is 4.79 Å². The lowest BCUT2D eigenvalue weighted by Gasteiger charge is -2.05. The molecule has 1 N–H and O–H groups in total. The Labute approximate surface area is 88.6 Å². The number of benzene rings is 1. The van der Waals surface area contributed by atoms with Crippen molar-refractivity contribution in [2.45, 2.75) is 13.0 Å². The molecule has 1 aromatic rings. The Hall–Kier alpha value is -1.84. The Morgan fingerprint density at radius 2 is 2.20 bits per heavy atom. The van der Waals surface area contributed by atoms with E-state index < -0.39 is 0 Å². The first-order valence-electron chi connectivity index (χ1n) is 4.93. The van der Waals surface area contributed by atoms with Crippen molar-refractivity contribution in [2.75, 3.05) is 6.54 Å². The van der Waals surface area contributed by atoms with Gasteiger partial charge in [0, 0.05) is 6.04 Å². The van der Waals surface area contributed by atoms with Crippen LogP contribution in [-0.2, 0) is 0 Å². The van der Waals surface area contributed by atoms with Crippen molar-refractivity contribution in [1.82, 2.24) is 10.3 Å². The average Bonchev–Trinajstić information content (AvgIpc) is 2.56. The number of hydrazone groups is 1. The van der Waals surface area contributed by atoms with Gasteiger partial charge in [-0.15, -0.1) is 0 Å². The average molecular weight is 203 g/mol. The predicted molar refractivity (Wildman–Crippen MR) is 58.7 cm³/mol. The maximum atomic E-state index is 11.3. The van der Waals surface area contributed by atoms with Crippen LogP contribution < -0.4 is 5.32 Å². The Morgan fingerprint density at radius 3 is 2.80 bits per heavy atom. The molecule has 1 fully saturated rings. The van der Waals surface area contributed by atoms with E-state index in [-0.39, 0.29) is 12.1 Å². The Bertz CT molecular complexity index is 375. The summed E-state index contributed by atoms with van der Waals surface area (Å²) >= 11 is 0. The molecule has 4 nitrogen and oxygen atoms in total. The SMILES string of the molecule is C[C@H]1CN(/N=C/c2ccccc2)C(=O)N1. The fourth-order valence-electron chi connectivity index (χ4n) is 1.45. The summed E-state index contributed by atoms with van der Waals surface area (Å²) in [7, 11) is 0. The number of nitrogens with one attached hydrogen (secondary N) is 1. The number of nitrogens with zero attached hydrogens (tertiary/aromatic N) is 2. The highest BCUT2D eigenvalue weighted by Gasteiger charge is 2.24. The largest absolute Gasteiger partial charge is 0.338 e. The number of carbonyl (C=O) groups excluding carboxylic acids is 1. The van der Waals surface area contributed by atoms with E-state index >= 15 is 0 Å². The maximum Gasteiger partial charge on any atom is 0.338 e. The number of rotatable bonds is 2. The van der Waals surface area contributed by atoms with E-state index in [1.807, 2.05) is 37.3 Å². The number of hydrogen-bond acceptors (Lipinski definition) is 2. The normalized spacial score (nSPS) is 21.0. The maximum absolute atomic E-state index is 11.3. The molecule has 0 saturated carbocycles. The lowest BCUT2D eigenvalue weighted by Crippen LogP contribution is -2.24. The standard InChI is InChI=1S/C11H13N3O/c1-9-8-14(11(15)13-9)12-7-10-5-3-2-4-6-10/h2-7,9H,8H2,1H3,(H,13,15)/b12-7+/t9-/m0/s1. The summed E-state index contributed by atoms with van der Waals surface area (Å²) in [6.07, 6.45) is 1.69. The quantitative estimate of drug-likeness (QED) is 0.726. The highest BCUT2D eigenvalue weighted by atomic mass is 16.2. The zero-order valence-corrected chi connectivity index (χ0v) is 8.55. The van der Waals surface area contributed by atoms with Gasteiger partial charge in [0.25, 0.3) is 0 Å². The minimum atomic E-state index is -0.130. The predicted octanol–water partition coefficient (Wildman–Crippen LogP) is 1.43. The molecule has 4 heteroatoms. The second-order valence-corrected chi connectivity index (χ2v) is 3.59. The second kappa shape index (κ2) is 4.13. The minimum absolute atomic E-state index is 0.130. The lowest BCUT2D eigenvalue weighted by molar-refractivity contribution is 0.219. The third-order valence-electron chi connectivity index (χ3n) is 2.20. The van der Waals surface area contributed by atoms with E-state index in [0.717, 1.165) is 5.56 Å². The molecule has 0 unspecified atom stereocenters. The molecule has 1 atom stereocenters. The Kier molecular flexibility index (Phi) is 2.67. The van der Waals surface area contributed by atoms with Crippen LogP contribution in [-0.4, -0.2) is 29.8 Å². The van der Waals surface area contributed by atoms with Crippen molar-refractivity contribution in [3.05, 3.63) is 35.9 Å². The molecule has 1 saturated heterocycles. The summed E-state index contributed by atoms with van der Waals surface area (Å²) < 4.78 is 0. The molecule has 1 aromatic carbocycles. The van der Waals surface area contributed by atoms with E-state index in [4.69, 9.17) is 0 Å². The first-order valence-corrected chi connectivity index (χ1v) is 4.93. The molecule has 0 bridgehead atoms. The molecular weight excluding hydrogens is 190 g/mol. The van der Waals surface area contributed by atoms with Crippen LogP contribution in [0, 0.1) is 0 Å². The van der Waals surface area contributed by atoms with Gasteiger partial charge in [-0.25, -0.2) is 9.80 Å². The van der Waals surface area contributed by atoms with Crippen LogP contribution in [0.4, 0.5) is 4.79 Å². The van der Waals surface area contributed by atoms with Gasteiger partial charge in [-0.3, -0.25) is 0 Å². The molecular formula is C11H13N3O. The van der Waals surface area contributed by atoms with E-state index in [1.54, 1.807) is 6.21 Å². The van der Waals surface area contributed by atoms with Crippen LogP contribution in [0.15, 0.2) is 35.4 Å². The molecule has 0 aromatic heterocycles. The van der Waals surface area contributed by atoms with E-state index in [1.165, 1.54) is 5.01 Å². The molecule has 78 valence electrons. The summed E-state index contributed by atoms with van der Waals surface area (Å²) in [6.45, 7) is 2.58. The van der Waals surface area contributed by atoms with Crippen LogP contribution in [0.3, 0.4) is 0 Å². The monoisotopic (exact) mass is 203 g/mol. The van der Waals surface area contributed by atoms with Gasteiger partial charge in [0.05, 0.1) is 12.8 Å². The van der Waals surface area contributed by atoms with Crippen LogP contribution in [0.1, 0.15) is 12.5 Å². The van der Waals surface area contributed by atoms with Crippen molar-refractivity contribution in [1.29, 1.82) is 0 Å². The highest BCUT2D eigenvalue weighted by Crippen LogP contribution is 2.04. The summed E-state index contributed by atoms with van der Waals surface area (Å²) in [6, 6.07) is 9.76. The van der Waals surface area contributed by atoms with Crippen LogP contribution in [0.2, 0.25) is 0 Å². The molecule has 15 heavy (non-hydrogen) atoms. The number of hydrogen-bond donors (Lipinski definition) is 1. The van der Waals surface area contributed by atoms with Gasteiger partial charge in [-0.1, -0.05) is 30.3 Å². The second-order valence-electron chi connectivity index (χ2n) is 3.59. The topological polar surface area (TPSA) is 44.7 Å². The van der Waals surface area contributed by atoms with Crippen molar-refractivity contribution < 1.29 is 4.79 Å². The smallest absolute Gasteiger partial charge is 0.332 e. The summed E-state index contributed by atoms with van der Waals surface area (Å²) in [5, 5.41) is 8.34. The fraction of sp³-hybridized carbons (Fsp3) is 0.273. The minimum Gasteiger partial charge on any atom is -0.332 e. The third-order valence-corrected chi connectivity index (χ3v) is 2.20. The molecule has 2 rings (SSSR count). The third kappa shape index (κ3) is 2.34. The van der Waals surface area contributed by atoms with Crippen LogP contribution >= 0.6 is 0 Å². The lowest BCUT2D eigenvalue weighted by atomic mass is 10.2. The number of amides is 2. The molecule has 1 heterocycles. The number of urea groups is 1. The number of carbonyl (C=O) groups is 1.